The zero-order chi connectivity index (χ0) is 23.9. The third-order valence-electron chi connectivity index (χ3n) is 7.17. The van der Waals surface area contributed by atoms with Crippen molar-refractivity contribution in [3.05, 3.63) is 42.0 Å². The number of esters is 1. The van der Waals surface area contributed by atoms with Crippen molar-refractivity contribution in [1.29, 1.82) is 0 Å². The van der Waals surface area contributed by atoms with Gasteiger partial charge in [-0.15, -0.1) is 6.58 Å². The first-order chi connectivity index (χ1) is 15.8. The molecule has 3 aliphatic rings. The summed E-state index contributed by atoms with van der Waals surface area (Å²) in [6.07, 6.45) is 2.28. The Bertz CT molecular complexity index is 978. The fourth-order valence-corrected chi connectivity index (χ4v) is 5.88. The number of hydrogen-bond donors (Lipinski definition) is 1. The van der Waals surface area contributed by atoms with Gasteiger partial charge in [0.25, 0.3) is 5.91 Å². The molecule has 1 aromatic rings. The van der Waals surface area contributed by atoms with Crippen LogP contribution in [0.15, 0.2) is 30.9 Å². The molecule has 178 valence electrons. The Kier molecular flexibility index (Phi) is 6.33. The van der Waals surface area contributed by atoms with Gasteiger partial charge in [-0.3, -0.25) is 14.4 Å². The molecule has 5 atom stereocenters. The second-order valence-corrected chi connectivity index (χ2v) is 9.09. The Morgan fingerprint density at radius 1 is 1.39 bits per heavy atom. The van der Waals surface area contributed by atoms with Gasteiger partial charge in [-0.25, -0.2) is 0 Å². The van der Waals surface area contributed by atoms with Gasteiger partial charge in [0, 0.05) is 18.8 Å². The fourth-order valence-electron chi connectivity index (χ4n) is 5.88. The molecule has 8 nitrogen and oxygen atoms in total. The molecule has 1 spiro atoms. The highest BCUT2D eigenvalue weighted by molar-refractivity contribution is 6.05. The molecule has 1 N–H and O–H groups in total. The Morgan fingerprint density at radius 3 is 2.82 bits per heavy atom. The fraction of sp³-hybridized carbons (Fsp3) is 0.560. The van der Waals surface area contributed by atoms with Crippen LogP contribution in [0.5, 0.6) is 0 Å². The van der Waals surface area contributed by atoms with E-state index in [0.29, 0.717) is 12.8 Å². The molecular formula is C25H32N2O6. The van der Waals surface area contributed by atoms with Crippen LogP contribution < -0.4 is 4.90 Å². The van der Waals surface area contributed by atoms with Gasteiger partial charge in [0.15, 0.2) is 0 Å². The van der Waals surface area contributed by atoms with Gasteiger partial charge >= 0.3 is 5.97 Å². The first-order valence-corrected chi connectivity index (χ1v) is 11.6. The van der Waals surface area contributed by atoms with Crippen molar-refractivity contribution in [3.8, 4) is 0 Å². The molecule has 33 heavy (non-hydrogen) atoms. The lowest BCUT2D eigenvalue weighted by atomic mass is 9.70. The lowest BCUT2D eigenvalue weighted by molar-refractivity contribution is -0.154. The van der Waals surface area contributed by atoms with Crippen LogP contribution in [0.2, 0.25) is 0 Å². The normalized spacial score (nSPS) is 29.8. The molecule has 3 saturated heterocycles. The van der Waals surface area contributed by atoms with Crippen LogP contribution in [-0.4, -0.2) is 71.8 Å². The highest BCUT2D eigenvalue weighted by Crippen LogP contribution is 2.58. The van der Waals surface area contributed by atoms with E-state index in [1.807, 2.05) is 32.0 Å². The number of rotatable bonds is 8. The predicted molar refractivity (Wildman–Crippen MR) is 122 cm³/mol. The van der Waals surface area contributed by atoms with Crippen molar-refractivity contribution >= 4 is 23.5 Å². The van der Waals surface area contributed by atoms with E-state index >= 15 is 0 Å². The number of aliphatic hydroxyl groups excluding tert-OH is 1. The predicted octanol–water partition coefficient (Wildman–Crippen LogP) is 1.75. The minimum absolute atomic E-state index is 0.00814. The van der Waals surface area contributed by atoms with Gasteiger partial charge < -0.3 is 24.4 Å². The number of carbonyl (C=O) groups excluding carboxylic acids is 3. The number of aliphatic hydroxyl groups is 1. The average Bonchev–Trinajstić information content (AvgIpc) is 3.42. The second kappa shape index (κ2) is 8.91. The first-order valence-electron chi connectivity index (χ1n) is 11.6. The molecule has 4 rings (SSSR count). The van der Waals surface area contributed by atoms with E-state index in [-0.39, 0.29) is 38.1 Å². The zero-order valence-electron chi connectivity index (χ0n) is 19.5. The Hall–Kier alpha value is -2.71. The number of hydrogen-bond acceptors (Lipinski definition) is 6. The van der Waals surface area contributed by atoms with E-state index in [4.69, 9.17) is 9.47 Å². The highest BCUT2D eigenvalue weighted by Gasteiger charge is 2.75. The van der Waals surface area contributed by atoms with Gasteiger partial charge in [-0.2, -0.15) is 0 Å². The number of anilines is 1. The number of ether oxygens (including phenoxy) is 2. The maximum atomic E-state index is 14.2. The van der Waals surface area contributed by atoms with Gasteiger partial charge in [0.2, 0.25) is 5.91 Å². The van der Waals surface area contributed by atoms with Crippen molar-refractivity contribution in [2.24, 2.45) is 11.8 Å². The third kappa shape index (κ3) is 3.56. The summed E-state index contributed by atoms with van der Waals surface area (Å²) in [5.41, 5.74) is 1.56. The molecule has 3 heterocycles. The lowest BCUT2D eigenvalue weighted by Gasteiger charge is -2.37. The maximum Gasteiger partial charge on any atom is 0.312 e. The van der Waals surface area contributed by atoms with Crippen LogP contribution in [0.25, 0.3) is 0 Å². The van der Waals surface area contributed by atoms with Crippen LogP contribution in [0, 0.1) is 25.7 Å². The minimum Gasteiger partial charge on any atom is -0.466 e. The van der Waals surface area contributed by atoms with Crippen LogP contribution in [0.3, 0.4) is 0 Å². The van der Waals surface area contributed by atoms with Crippen LogP contribution in [0.4, 0.5) is 5.69 Å². The van der Waals surface area contributed by atoms with Gasteiger partial charge in [-0.1, -0.05) is 18.2 Å². The van der Waals surface area contributed by atoms with Gasteiger partial charge in [-0.05, 0) is 50.8 Å². The number of nitrogens with zero attached hydrogens (tertiary/aromatic N) is 2. The quantitative estimate of drug-likeness (QED) is 0.473. The summed E-state index contributed by atoms with van der Waals surface area (Å²) in [6.45, 7) is 9.59. The molecule has 2 amide bonds. The lowest BCUT2D eigenvalue weighted by Crippen LogP contribution is -2.57. The molecule has 0 aliphatic carbocycles. The molecule has 2 unspecified atom stereocenters. The monoisotopic (exact) mass is 456 g/mol. The Balaban J connectivity index is 1.78. The van der Waals surface area contributed by atoms with Crippen molar-refractivity contribution in [2.45, 2.75) is 51.4 Å². The third-order valence-corrected chi connectivity index (χ3v) is 7.17. The summed E-state index contributed by atoms with van der Waals surface area (Å²) in [5.74, 6) is -2.61. The minimum atomic E-state index is -1.11. The molecule has 0 aromatic heterocycles. The van der Waals surface area contributed by atoms with Crippen molar-refractivity contribution in [3.63, 3.8) is 0 Å². The molecule has 8 heteroatoms. The van der Waals surface area contributed by atoms with Crippen LogP contribution >= 0.6 is 0 Å². The number of amides is 2. The molecule has 3 aliphatic heterocycles. The summed E-state index contributed by atoms with van der Waals surface area (Å²) >= 11 is 0. The molecule has 1 aromatic carbocycles. The topological polar surface area (TPSA) is 96.4 Å². The first kappa shape index (κ1) is 23.4. The van der Waals surface area contributed by atoms with Crippen molar-refractivity contribution in [2.75, 3.05) is 31.2 Å². The number of fused-ring (bicyclic) bond motifs is 1. The summed E-state index contributed by atoms with van der Waals surface area (Å²) in [5, 5.41) is 9.71. The summed E-state index contributed by atoms with van der Waals surface area (Å²) < 4.78 is 11.6. The summed E-state index contributed by atoms with van der Waals surface area (Å²) in [7, 11) is 0. The molecular weight excluding hydrogens is 424 g/mol. The maximum absolute atomic E-state index is 14.2. The molecule has 3 fully saturated rings. The van der Waals surface area contributed by atoms with E-state index in [1.54, 1.807) is 17.9 Å². The van der Waals surface area contributed by atoms with Gasteiger partial charge in [0.05, 0.1) is 31.2 Å². The highest BCUT2D eigenvalue weighted by atomic mass is 16.6. The van der Waals surface area contributed by atoms with E-state index in [9.17, 15) is 19.5 Å². The second-order valence-electron chi connectivity index (χ2n) is 9.09. The van der Waals surface area contributed by atoms with Crippen molar-refractivity contribution in [1.82, 2.24) is 4.90 Å². The molecule has 0 saturated carbocycles. The SMILES string of the molecule is C=CCN(C(=O)C1N(CCO)C(=O)[C@@H]2[C@@H](C(=O)OCC)[C@H]3CCC12O3)c1cc(C)ccc1C. The number of β-amino-alcohol motifs (C(OH)–C–C–N with tert-alkyl or cyclic N) is 1. The van der Waals surface area contributed by atoms with Crippen molar-refractivity contribution < 1.29 is 29.0 Å². The number of aryl methyl sites for hydroxylation is 2. The smallest absolute Gasteiger partial charge is 0.312 e. The van der Waals surface area contributed by atoms with Gasteiger partial charge in [0.1, 0.15) is 11.6 Å². The van der Waals surface area contributed by atoms with E-state index in [1.165, 1.54) is 4.90 Å². The Morgan fingerprint density at radius 2 is 2.15 bits per heavy atom. The van der Waals surface area contributed by atoms with Crippen LogP contribution in [-0.2, 0) is 23.9 Å². The Labute approximate surface area is 194 Å². The van der Waals surface area contributed by atoms with E-state index < -0.39 is 35.6 Å². The van der Waals surface area contributed by atoms with E-state index in [2.05, 4.69) is 6.58 Å². The van der Waals surface area contributed by atoms with E-state index in [0.717, 1.165) is 16.8 Å². The summed E-state index contributed by atoms with van der Waals surface area (Å²) in [4.78, 5) is 43.5. The number of benzene rings is 1. The zero-order valence-corrected chi connectivity index (χ0v) is 19.5. The molecule has 0 radical (unpaired) electrons. The average molecular weight is 457 g/mol. The largest absolute Gasteiger partial charge is 0.466 e. The summed E-state index contributed by atoms with van der Waals surface area (Å²) in [6, 6.07) is 4.93. The van der Waals surface area contributed by atoms with Crippen LogP contribution in [0.1, 0.15) is 30.9 Å². The standard InChI is InChI=1S/C25H32N2O6/c1-5-11-26(17-14-15(3)7-8-16(17)4)23(30)21-25-10-9-18(33-25)19(24(31)32-6-2)20(25)22(29)27(21)12-13-28/h5,7-8,14,18-21,28H,1,6,9-13H2,2-4H3/t18-,19+,20+,21?,25?/m1/s1. The number of carbonyl (C=O) groups is 3. The number of likely N-dealkylation sites (tertiary alicyclic amines) is 1. The molecule has 2 bridgehead atoms.